The minimum Gasteiger partial charge on any atom is -0.418 e. The summed E-state index contributed by atoms with van der Waals surface area (Å²) in [4.78, 5) is 2.96. The van der Waals surface area contributed by atoms with Gasteiger partial charge >= 0.3 is 20.9 Å². The van der Waals surface area contributed by atoms with Gasteiger partial charge in [0.05, 0.1) is 0 Å². The first-order valence-corrected chi connectivity index (χ1v) is 8.60. The van der Waals surface area contributed by atoms with Crippen molar-refractivity contribution < 1.29 is 62.0 Å². The molecule has 1 aromatic carbocycles. The number of H-pyrrole nitrogens is 1. The summed E-state index contributed by atoms with van der Waals surface area (Å²) in [6.07, 6.45) is 2.71. The lowest BCUT2D eigenvalue weighted by atomic mass is 10.1. The highest BCUT2D eigenvalue weighted by Gasteiger charge is 2.31. The van der Waals surface area contributed by atoms with E-state index < -0.39 is 20.9 Å². The molecule has 0 amide bonds. The fourth-order valence-corrected chi connectivity index (χ4v) is 2.19. The number of hydrogen-bond donors (Lipinski definition) is 0. The van der Waals surface area contributed by atoms with Crippen LogP contribution in [0.2, 0.25) is 0 Å². The van der Waals surface area contributed by atoms with Gasteiger partial charge in [0, 0.05) is 36.4 Å². The molecule has 0 aliphatic heterocycles. The van der Waals surface area contributed by atoms with E-state index in [0.29, 0.717) is 0 Å². The lowest BCUT2D eigenvalue weighted by Crippen LogP contribution is -2.29. The Balaban J connectivity index is 0.000000460. The third kappa shape index (κ3) is 14.4. The van der Waals surface area contributed by atoms with Gasteiger partial charge in [-0.1, -0.05) is 0 Å². The molecule has 0 unspecified atom stereocenters. The van der Waals surface area contributed by atoms with Gasteiger partial charge in [0.15, 0.2) is 24.8 Å². The molecule has 2 heterocycles. The van der Waals surface area contributed by atoms with Crippen molar-refractivity contribution in [1.82, 2.24) is 0 Å². The lowest BCUT2D eigenvalue weighted by molar-refractivity contribution is -0.595. The molecule has 180 valence electrons. The van der Waals surface area contributed by atoms with E-state index in [2.05, 4.69) is 9.72 Å². The molecule has 0 aliphatic rings. The number of pyridine rings is 2. The first kappa shape index (κ1) is 27.7. The monoisotopic (exact) mass is 492 g/mol. The number of hydrogen-bond acceptors (Lipinski definition) is 1. The molecule has 0 saturated heterocycles. The van der Waals surface area contributed by atoms with Crippen LogP contribution in [0.5, 0.6) is 5.75 Å². The van der Waals surface area contributed by atoms with Crippen molar-refractivity contribution in [3.8, 4) is 22.6 Å². The van der Waals surface area contributed by atoms with E-state index in [1.54, 1.807) is 12.1 Å². The Morgan fingerprint density at radius 2 is 1.03 bits per heavy atom. The van der Waals surface area contributed by atoms with E-state index in [4.69, 9.17) is 0 Å². The summed E-state index contributed by atoms with van der Waals surface area (Å²) >= 11 is 0. The van der Waals surface area contributed by atoms with Crippen molar-refractivity contribution in [3.63, 3.8) is 0 Å². The summed E-state index contributed by atoms with van der Waals surface area (Å²) in [5, 5.41) is 0. The van der Waals surface area contributed by atoms with Gasteiger partial charge in [0.25, 0.3) is 0 Å². The summed E-state index contributed by atoms with van der Waals surface area (Å²) in [6, 6.07) is 13.5. The highest BCUT2D eigenvalue weighted by molar-refractivity contribution is 6.50. The highest BCUT2D eigenvalue weighted by atomic mass is 19.5. The van der Waals surface area contributed by atoms with Crippen molar-refractivity contribution in [1.29, 1.82) is 0 Å². The predicted octanol–water partition coefficient (Wildman–Crippen LogP) is 5.94. The van der Waals surface area contributed by atoms with Crippen LogP contribution in [0.15, 0.2) is 73.3 Å². The molecule has 0 radical (unpaired) electrons. The zero-order chi connectivity index (χ0) is 25.3. The minimum absolute atomic E-state index is 0.237. The second-order valence-corrected chi connectivity index (χ2v) is 5.81. The number of nitrogens with zero attached hydrogens (tertiary/aromatic N) is 1. The molecule has 0 bridgehead atoms. The molecular weight excluding hydrogens is 479 g/mol. The summed E-state index contributed by atoms with van der Waals surface area (Å²) < 4.78 is 120. The molecule has 3 aromatic rings. The zero-order valence-corrected chi connectivity index (χ0v) is 16.1. The van der Waals surface area contributed by atoms with Crippen molar-refractivity contribution in [2.45, 2.75) is 6.36 Å². The number of aromatic amines is 1. The largest absolute Gasteiger partial charge is 0.673 e. The van der Waals surface area contributed by atoms with E-state index in [1.807, 2.05) is 53.6 Å². The number of nitrogens with one attached hydrogen (secondary N) is 1. The van der Waals surface area contributed by atoms with Crippen molar-refractivity contribution in [2.24, 2.45) is 0 Å². The van der Waals surface area contributed by atoms with Crippen molar-refractivity contribution in [2.75, 3.05) is 0 Å². The maximum atomic E-state index is 12.1. The van der Waals surface area contributed by atoms with E-state index in [1.165, 1.54) is 12.1 Å². The van der Waals surface area contributed by atoms with Crippen LogP contribution in [0.1, 0.15) is 0 Å². The first-order valence-electron chi connectivity index (χ1n) is 8.60. The van der Waals surface area contributed by atoms with Gasteiger partial charge in [0.2, 0.25) is 5.69 Å². The average Bonchev–Trinajstić information content (AvgIpc) is 2.66. The minimum atomic E-state index is -6.00. The van der Waals surface area contributed by atoms with Gasteiger partial charge in [-0.25, -0.2) is 4.98 Å². The van der Waals surface area contributed by atoms with Crippen LogP contribution < -0.4 is 14.3 Å². The van der Waals surface area contributed by atoms with Crippen LogP contribution in [-0.2, 0) is 0 Å². The fourth-order valence-electron chi connectivity index (χ4n) is 2.19. The van der Waals surface area contributed by atoms with Gasteiger partial charge in [-0.2, -0.15) is 4.57 Å². The predicted molar refractivity (Wildman–Crippen MR) is 97.0 cm³/mol. The van der Waals surface area contributed by atoms with E-state index in [0.717, 1.165) is 16.8 Å². The Kier molecular flexibility index (Phi) is 9.67. The topological polar surface area (TPSA) is 27.2 Å². The van der Waals surface area contributed by atoms with Gasteiger partial charge in [-0.05, 0) is 23.3 Å². The first-order chi connectivity index (χ1) is 15.0. The molecule has 1 N–H and O–H groups in total. The number of alkyl halides is 3. The third-order valence-electron chi connectivity index (χ3n) is 3.25. The highest BCUT2D eigenvalue weighted by Crippen LogP contribution is 2.23. The standard InChI is InChI=1S/C17H12F3N2O.2BF4/c18-17(19,20)23-16-3-1-15(2-4-16)22-11-7-14(8-12-22)13-5-9-21-10-6-13;2*2-1(3,4)5/h1-12H;;/q+1;2*-1/p+1. The fraction of sp³-hybridized carbons (Fsp3) is 0.0588. The van der Waals surface area contributed by atoms with Crippen LogP contribution in [0.25, 0.3) is 16.8 Å². The quantitative estimate of drug-likeness (QED) is 0.253. The Bertz CT molecular complexity index is 938. The molecule has 0 fully saturated rings. The average molecular weight is 492 g/mol. The molecule has 3 nitrogen and oxygen atoms in total. The molecule has 0 aliphatic carbocycles. The Labute approximate surface area is 179 Å². The van der Waals surface area contributed by atoms with Crippen LogP contribution in [-0.4, -0.2) is 20.9 Å². The number of aromatic nitrogens is 2. The second-order valence-electron chi connectivity index (χ2n) is 5.81. The molecule has 33 heavy (non-hydrogen) atoms. The van der Waals surface area contributed by atoms with Crippen molar-refractivity contribution >= 4 is 14.5 Å². The smallest absolute Gasteiger partial charge is 0.418 e. The summed E-state index contributed by atoms with van der Waals surface area (Å²) in [7, 11) is -12.0. The Morgan fingerprint density at radius 1 is 0.636 bits per heavy atom. The Morgan fingerprint density at radius 3 is 1.42 bits per heavy atom. The number of rotatable bonds is 3. The molecule has 2 aromatic heterocycles. The Hall–Kier alpha value is -3.32. The van der Waals surface area contributed by atoms with E-state index in [9.17, 15) is 47.7 Å². The van der Waals surface area contributed by atoms with Crippen LogP contribution >= 0.6 is 0 Å². The molecular formula is C17H13B2F11N2O. The number of halogens is 11. The van der Waals surface area contributed by atoms with Crippen LogP contribution in [0, 0.1) is 0 Å². The van der Waals surface area contributed by atoms with Crippen LogP contribution in [0.4, 0.5) is 47.7 Å². The normalized spacial score (nSPS) is 11.5. The number of ether oxygens (including phenoxy) is 1. The van der Waals surface area contributed by atoms with Crippen LogP contribution in [0.3, 0.4) is 0 Å². The lowest BCUT2D eigenvalue weighted by Gasteiger charge is -2.08. The molecule has 3 rings (SSSR count). The number of benzene rings is 1. The van der Waals surface area contributed by atoms with Gasteiger partial charge in [-0.15, -0.1) is 13.2 Å². The van der Waals surface area contributed by atoms with E-state index in [-0.39, 0.29) is 5.75 Å². The third-order valence-corrected chi connectivity index (χ3v) is 3.25. The summed E-state index contributed by atoms with van der Waals surface area (Å²) in [6.45, 7) is 0. The maximum absolute atomic E-state index is 12.1. The molecule has 0 atom stereocenters. The second kappa shape index (κ2) is 11.5. The molecule has 16 heteroatoms. The van der Waals surface area contributed by atoms with Gasteiger partial charge in [-0.3, -0.25) is 0 Å². The zero-order valence-electron chi connectivity index (χ0n) is 16.1. The molecule has 0 spiro atoms. The maximum Gasteiger partial charge on any atom is 0.673 e. The SMILES string of the molecule is FC(F)(F)Oc1ccc(-[n+]2ccc(-c3cc[nH+]cc3)cc2)cc1.F[B-](F)(F)F.F[B-](F)(F)F. The summed E-state index contributed by atoms with van der Waals surface area (Å²) in [5.41, 5.74) is 2.87. The van der Waals surface area contributed by atoms with Gasteiger partial charge < -0.3 is 39.3 Å². The van der Waals surface area contributed by atoms with Crippen molar-refractivity contribution in [3.05, 3.63) is 73.3 Å². The van der Waals surface area contributed by atoms with E-state index >= 15 is 0 Å². The molecule has 0 saturated carbocycles. The summed E-state index contributed by atoms with van der Waals surface area (Å²) in [5.74, 6) is -0.237. The van der Waals surface area contributed by atoms with Gasteiger partial charge in [0.1, 0.15) is 5.75 Å².